The fraction of sp³-hybridized carbons (Fsp3) is 0.179. The van der Waals surface area contributed by atoms with Gasteiger partial charge in [-0.15, -0.1) is 11.3 Å². The third-order valence-electron chi connectivity index (χ3n) is 5.42. The zero-order valence-corrected chi connectivity index (χ0v) is 22.3. The van der Waals surface area contributed by atoms with Gasteiger partial charge < -0.3 is 14.9 Å². The summed E-state index contributed by atoms with van der Waals surface area (Å²) in [6, 6.07) is 30.7. The number of anilines is 1. The van der Waals surface area contributed by atoms with E-state index in [0.29, 0.717) is 10.8 Å². The van der Waals surface area contributed by atoms with Crippen LogP contribution in [0.4, 0.5) is 5.13 Å². The number of halogens is 1. The first-order chi connectivity index (χ1) is 17.5. The first-order valence-electron chi connectivity index (χ1n) is 11.5. The minimum Gasteiger partial charge on any atom is -0.461 e. The number of esters is 1. The van der Waals surface area contributed by atoms with Gasteiger partial charge in [0.25, 0.3) is 0 Å². The largest absolute Gasteiger partial charge is 0.461 e. The summed E-state index contributed by atoms with van der Waals surface area (Å²) in [5.74, 6) is -0.594. The first-order valence-corrected chi connectivity index (χ1v) is 13.3. The maximum atomic E-state index is 12.6. The zero-order valence-electron chi connectivity index (χ0n) is 19.9. The molecule has 8 heteroatoms. The average molecular weight is 565 g/mol. The number of alkyl halides is 1. The molecule has 0 aliphatic rings. The van der Waals surface area contributed by atoms with Gasteiger partial charge in [0.05, 0.1) is 6.61 Å². The zero-order chi connectivity index (χ0) is 25.4. The van der Waals surface area contributed by atoms with Gasteiger partial charge in [-0.1, -0.05) is 96.2 Å². The second kappa shape index (κ2) is 12.0. The van der Waals surface area contributed by atoms with Gasteiger partial charge in [-0.25, -0.2) is 9.78 Å². The van der Waals surface area contributed by atoms with Crippen molar-refractivity contribution in [2.45, 2.75) is 24.4 Å². The SMILES string of the molecule is CCOC(=O)C(=NOC(C)Br)c1csc(NC(c2ccccc2)(c2ccccc2)c2ccccc2)n1. The first kappa shape index (κ1) is 25.6. The molecule has 0 bridgehead atoms. The van der Waals surface area contributed by atoms with Gasteiger partial charge >= 0.3 is 5.97 Å². The number of aromatic nitrogens is 1. The second-order valence-corrected chi connectivity index (χ2v) is 9.97. The molecule has 0 aliphatic carbocycles. The van der Waals surface area contributed by atoms with E-state index in [-0.39, 0.29) is 17.3 Å². The number of hydrogen-bond donors (Lipinski definition) is 1. The van der Waals surface area contributed by atoms with Crippen molar-refractivity contribution in [3.8, 4) is 0 Å². The summed E-state index contributed by atoms with van der Waals surface area (Å²) in [5.41, 5.74) is 2.80. The summed E-state index contributed by atoms with van der Waals surface area (Å²) in [5, 5.41) is 9.72. The molecule has 4 rings (SSSR count). The molecule has 1 N–H and O–H groups in total. The van der Waals surface area contributed by atoms with E-state index in [1.54, 1.807) is 19.2 Å². The van der Waals surface area contributed by atoms with Gasteiger partial charge in [0.15, 0.2) is 10.1 Å². The highest BCUT2D eigenvalue weighted by Crippen LogP contribution is 2.40. The smallest absolute Gasteiger partial charge is 0.362 e. The quantitative estimate of drug-likeness (QED) is 0.0776. The second-order valence-electron chi connectivity index (χ2n) is 7.82. The Morgan fingerprint density at radius 1 is 0.972 bits per heavy atom. The number of oxime groups is 1. The Hall–Kier alpha value is -3.49. The van der Waals surface area contributed by atoms with Crippen LogP contribution in [0.15, 0.2) is 102 Å². The lowest BCUT2D eigenvalue weighted by molar-refractivity contribution is -0.135. The Labute approximate surface area is 223 Å². The maximum absolute atomic E-state index is 12.6. The lowest BCUT2D eigenvalue weighted by atomic mass is 9.77. The molecule has 6 nitrogen and oxygen atoms in total. The van der Waals surface area contributed by atoms with Crippen LogP contribution in [0.2, 0.25) is 0 Å². The molecule has 0 saturated heterocycles. The molecule has 184 valence electrons. The molecule has 0 radical (unpaired) electrons. The van der Waals surface area contributed by atoms with Gasteiger partial charge in [-0.05, 0) is 46.5 Å². The monoisotopic (exact) mass is 563 g/mol. The van der Waals surface area contributed by atoms with Crippen LogP contribution in [0, 0.1) is 0 Å². The molecule has 0 saturated carbocycles. The average Bonchev–Trinajstić information content (AvgIpc) is 3.37. The Morgan fingerprint density at radius 2 is 1.47 bits per heavy atom. The summed E-state index contributed by atoms with van der Waals surface area (Å²) in [6.45, 7) is 3.72. The van der Waals surface area contributed by atoms with Crippen LogP contribution >= 0.6 is 27.3 Å². The molecule has 0 aliphatic heterocycles. The number of carbonyl (C=O) groups is 1. The predicted molar refractivity (Wildman–Crippen MR) is 148 cm³/mol. The van der Waals surface area contributed by atoms with Crippen molar-refractivity contribution >= 4 is 44.1 Å². The van der Waals surface area contributed by atoms with Crippen molar-refractivity contribution in [2.24, 2.45) is 5.16 Å². The van der Waals surface area contributed by atoms with E-state index in [0.717, 1.165) is 16.7 Å². The molecule has 0 spiro atoms. The van der Waals surface area contributed by atoms with Crippen LogP contribution in [0.5, 0.6) is 0 Å². The number of thiazole rings is 1. The summed E-state index contributed by atoms with van der Waals surface area (Å²) in [6.07, 6.45) is 0. The van der Waals surface area contributed by atoms with Crippen LogP contribution < -0.4 is 5.32 Å². The van der Waals surface area contributed by atoms with Crippen LogP contribution in [0.25, 0.3) is 0 Å². The topological polar surface area (TPSA) is 72.8 Å². The molecule has 1 aromatic heterocycles. The Kier molecular flexibility index (Phi) is 8.51. The third-order valence-corrected chi connectivity index (χ3v) is 6.34. The summed E-state index contributed by atoms with van der Waals surface area (Å²) in [7, 11) is 0. The van der Waals surface area contributed by atoms with Crippen LogP contribution in [-0.4, -0.2) is 28.3 Å². The molecular formula is C28H26BrN3O3S. The van der Waals surface area contributed by atoms with Crippen LogP contribution in [0.3, 0.4) is 0 Å². The van der Waals surface area contributed by atoms with Crippen molar-refractivity contribution in [3.05, 3.63) is 119 Å². The van der Waals surface area contributed by atoms with E-state index in [2.05, 4.69) is 62.8 Å². The van der Waals surface area contributed by atoms with E-state index >= 15 is 0 Å². The molecule has 0 amide bonds. The van der Waals surface area contributed by atoms with Crippen molar-refractivity contribution in [3.63, 3.8) is 0 Å². The van der Waals surface area contributed by atoms with Gasteiger partial charge in [-0.2, -0.15) is 0 Å². The van der Waals surface area contributed by atoms with Crippen molar-refractivity contribution in [1.82, 2.24) is 4.98 Å². The number of nitrogens with one attached hydrogen (secondary N) is 1. The minimum atomic E-state index is -0.735. The molecule has 0 fully saturated rings. The molecule has 1 heterocycles. The molecule has 36 heavy (non-hydrogen) atoms. The highest BCUT2D eigenvalue weighted by atomic mass is 79.9. The molecule has 1 unspecified atom stereocenters. The molecule has 4 aromatic rings. The lowest BCUT2D eigenvalue weighted by Crippen LogP contribution is -2.38. The normalized spacial score (nSPS) is 12.6. The van der Waals surface area contributed by atoms with Gasteiger partial charge in [0, 0.05) is 5.38 Å². The summed E-state index contributed by atoms with van der Waals surface area (Å²) >= 11 is 4.65. The highest BCUT2D eigenvalue weighted by Gasteiger charge is 2.37. The molecule has 1 atom stereocenters. The van der Waals surface area contributed by atoms with Gasteiger partial charge in [0.2, 0.25) is 5.71 Å². The number of rotatable bonds is 10. The van der Waals surface area contributed by atoms with E-state index in [1.807, 2.05) is 54.6 Å². The number of hydrogen-bond acceptors (Lipinski definition) is 7. The summed E-state index contributed by atoms with van der Waals surface area (Å²) < 4.78 is 5.19. The number of nitrogens with zero attached hydrogens (tertiary/aromatic N) is 2. The Morgan fingerprint density at radius 3 is 1.92 bits per heavy atom. The van der Waals surface area contributed by atoms with E-state index in [4.69, 9.17) is 14.6 Å². The fourth-order valence-electron chi connectivity index (χ4n) is 3.89. The van der Waals surface area contributed by atoms with Crippen LogP contribution in [0.1, 0.15) is 36.2 Å². The van der Waals surface area contributed by atoms with E-state index in [9.17, 15) is 4.79 Å². The lowest BCUT2D eigenvalue weighted by Gasteiger charge is -2.36. The maximum Gasteiger partial charge on any atom is 0.362 e. The van der Waals surface area contributed by atoms with E-state index in [1.165, 1.54) is 11.3 Å². The third kappa shape index (κ3) is 5.66. The number of carbonyl (C=O) groups excluding carboxylic acids is 1. The Balaban J connectivity index is 1.83. The van der Waals surface area contributed by atoms with Crippen molar-refractivity contribution < 1.29 is 14.4 Å². The van der Waals surface area contributed by atoms with Crippen LogP contribution in [-0.2, 0) is 19.9 Å². The minimum absolute atomic E-state index is 0.0113. The molecular weight excluding hydrogens is 538 g/mol. The number of benzene rings is 3. The number of ether oxygens (including phenoxy) is 1. The Bertz CT molecular complexity index is 1200. The predicted octanol–water partition coefficient (Wildman–Crippen LogP) is 6.57. The van der Waals surface area contributed by atoms with Gasteiger partial charge in [-0.3, -0.25) is 0 Å². The van der Waals surface area contributed by atoms with Gasteiger partial charge in [0.1, 0.15) is 11.2 Å². The van der Waals surface area contributed by atoms with Crippen molar-refractivity contribution in [1.29, 1.82) is 0 Å². The highest BCUT2D eigenvalue weighted by molar-refractivity contribution is 9.09. The molecule has 3 aromatic carbocycles. The van der Waals surface area contributed by atoms with E-state index < -0.39 is 11.5 Å². The fourth-order valence-corrected chi connectivity index (χ4v) is 4.73. The van der Waals surface area contributed by atoms with Crippen molar-refractivity contribution in [2.75, 3.05) is 11.9 Å². The summed E-state index contributed by atoms with van der Waals surface area (Å²) in [4.78, 5) is 22.6. The standard InChI is InChI=1S/C28H26BrN3O3S/c1-3-34-26(33)25(32-35-20(2)29)24-19-36-27(30-24)31-28(21-13-7-4-8-14-21,22-15-9-5-10-16-22)23-17-11-6-12-18-23/h4-20H,3H2,1-2H3,(H,30,31).